The summed E-state index contributed by atoms with van der Waals surface area (Å²) in [6.45, 7) is 5.38. The molecule has 0 spiro atoms. The van der Waals surface area contributed by atoms with Crippen molar-refractivity contribution < 1.29 is 54.7 Å². The van der Waals surface area contributed by atoms with Crippen molar-refractivity contribution in [1.82, 2.24) is 10.3 Å². The molecule has 7 N–H and O–H groups in total. The molecular formula is C27H33Cl3N6O4. The number of carbonyl (C=O) groups excluding carboxylic acids is 3. The van der Waals surface area contributed by atoms with E-state index in [-0.39, 0.29) is 62.1 Å². The molecule has 0 aliphatic carbocycles. The van der Waals surface area contributed by atoms with Gasteiger partial charge in [-0.2, -0.15) is 0 Å². The lowest BCUT2D eigenvalue weighted by molar-refractivity contribution is -0.375. The van der Waals surface area contributed by atoms with Gasteiger partial charge in [-0.15, -0.1) is 12.4 Å². The first-order valence-electron chi connectivity index (χ1n) is 11.7. The highest BCUT2D eigenvalue weighted by atomic mass is 35.5. The molecule has 4 aromatic rings. The number of pyridine rings is 2. The summed E-state index contributed by atoms with van der Waals surface area (Å²) < 4.78 is 5.06. The van der Waals surface area contributed by atoms with Gasteiger partial charge in [0.25, 0.3) is 5.91 Å². The van der Waals surface area contributed by atoms with Crippen molar-refractivity contribution in [3.63, 3.8) is 0 Å². The summed E-state index contributed by atoms with van der Waals surface area (Å²) in [6, 6.07) is 15.1. The SMILES string of the molecule is CC(C)(C)OC(=O)NCC(=O)Nc1ccc2cnccc2c1.Cl.[Cl-].[Cl-].[NH3+]CC(=O)Nc1ccc2c[nH+]ccc2c1. The Hall–Kier alpha value is -3.70. The summed E-state index contributed by atoms with van der Waals surface area (Å²) in [4.78, 5) is 41.5. The number of anilines is 2. The van der Waals surface area contributed by atoms with E-state index in [0.717, 1.165) is 27.2 Å². The number of rotatable bonds is 5. The Bertz CT molecular complexity index is 1420. The van der Waals surface area contributed by atoms with E-state index in [9.17, 15) is 14.4 Å². The molecule has 0 unspecified atom stereocenters. The summed E-state index contributed by atoms with van der Waals surface area (Å²) in [5.74, 6) is -0.392. The maximum Gasteiger partial charge on any atom is 0.408 e. The zero-order chi connectivity index (χ0) is 26.8. The number of quaternary nitrogens is 1. The number of alkyl carbamates (subject to hydrolysis) is 1. The second-order valence-electron chi connectivity index (χ2n) is 9.13. The van der Waals surface area contributed by atoms with Gasteiger partial charge in [0, 0.05) is 40.6 Å². The minimum absolute atomic E-state index is 0. The number of benzene rings is 2. The third kappa shape index (κ3) is 12.0. The summed E-state index contributed by atoms with van der Waals surface area (Å²) >= 11 is 0. The predicted molar refractivity (Wildman–Crippen MR) is 149 cm³/mol. The van der Waals surface area contributed by atoms with Crippen LogP contribution in [0, 0.1) is 0 Å². The number of aromatic amines is 1. The van der Waals surface area contributed by atoms with Crippen molar-refractivity contribution in [2.24, 2.45) is 0 Å². The molecule has 0 fully saturated rings. The second kappa shape index (κ2) is 17.1. The number of ether oxygens (including phenoxy) is 1. The zero-order valence-electron chi connectivity index (χ0n) is 22.3. The third-order valence-electron chi connectivity index (χ3n) is 4.91. The summed E-state index contributed by atoms with van der Waals surface area (Å²) in [5.41, 5.74) is 4.41. The van der Waals surface area contributed by atoms with E-state index in [1.54, 1.807) is 39.2 Å². The van der Waals surface area contributed by atoms with Gasteiger partial charge in [0.1, 0.15) is 12.1 Å². The lowest BCUT2D eigenvalue weighted by Gasteiger charge is -2.19. The molecule has 0 saturated carbocycles. The number of fused-ring (bicyclic) bond motifs is 2. The van der Waals surface area contributed by atoms with Crippen molar-refractivity contribution >= 4 is 63.2 Å². The van der Waals surface area contributed by atoms with Gasteiger partial charge in [-0.3, -0.25) is 14.6 Å². The Morgan fingerprint density at radius 3 is 2.10 bits per heavy atom. The fourth-order valence-electron chi connectivity index (χ4n) is 3.26. The van der Waals surface area contributed by atoms with Gasteiger partial charge in [0.05, 0.1) is 0 Å². The molecular weight excluding hydrogens is 579 g/mol. The molecule has 4 rings (SSSR count). The number of hydrogen-bond acceptors (Lipinski definition) is 5. The largest absolute Gasteiger partial charge is 1.00 e. The smallest absolute Gasteiger partial charge is 0.408 e. The number of H-pyrrole nitrogens is 1. The van der Waals surface area contributed by atoms with Crippen LogP contribution in [-0.4, -0.2) is 41.6 Å². The number of aromatic nitrogens is 2. The third-order valence-corrected chi connectivity index (χ3v) is 4.91. The molecule has 13 heteroatoms. The van der Waals surface area contributed by atoms with Crippen LogP contribution < -0.4 is 51.5 Å². The van der Waals surface area contributed by atoms with E-state index in [4.69, 9.17) is 4.74 Å². The first kappa shape index (κ1) is 36.3. The topological polar surface area (TPSA) is 151 Å². The van der Waals surface area contributed by atoms with E-state index >= 15 is 0 Å². The van der Waals surface area contributed by atoms with Gasteiger partial charge in [-0.05, 0) is 67.9 Å². The fourth-order valence-corrected chi connectivity index (χ4v) is 3.26. The van der Waals surface area contributed by atoms with Gasteiger partial charge in [-0.1, -0.05) is 6.07 Å². The average molecular weight is 612 g/mol. The van der Waals surface area contributed by atoms with Crippen LogP contribution in [0.3, 0.4) is 0 Å². The van der Waals surface area contributed by atoms with Crippen LogP contribution in [0.4, 0.5) is 16.2 Å². The summed E-state index contributed by atoms with van der Waals surface area (Å²) in [7, 11) is 0. The summed E-state index contributed by atoms with van der Waals surface area (Å²) in [6.07, 6.45) is 6.60. The molecule has 2 heterocycles. The Kier molecular flexibility index (Phi) is 15.5. The van der Waals surface area contributed by atoms with Crippen molar-refractivity contribution in [2.75, 3.05) is 23.7 Å². The summed E-state index contributed by atoms with van der Waals surface area (Å²) in [5, 5.41) is 12.1. The van der Waals surface area contributed by atoms with Crippen molar-refractivity contribution in [3.05, 3.63) is 73.3 Å². The maximum absolute atomic E-state index is 11.8. The van der Waals surface area contributed by atoms with Gasteiger partial charge in [0.2, 0.25) is 5.91 Å². The number of halogens is 3. The molecule has 10 nitrogen and oxygen atoms in total. The predicted octanol–water partition coefficient (Wildman–Crippen LogP) is -3.04. The number of carbonyl (C=O) groups is 3. The van der Waals surface area contributed by atoms with Crippen molar-refractivity contribution in [2.45, 2.75) is 26.4 Å². The quantitative estimate of drug-likeness (QED) is 0.189. The van der Waals surface area contributed by atoms with Crippen molar-refractivity contribution in [1.29, 1.82) is 0 Å². The Morgan fingerprint density at radius 1 is 0.875 bits per heavy atom. The Morgan fingerprint density at radius 2 is 1.48 bits per heavy atom. The molecule has 0 atom stereocenters. The molecule has 216 valence electrons. The molecule has 0 aliphatic heterocycles. The first-order valence-corrected chi connectivity index (χ1v) is 11.7. The van der Waals surface area contributed by atoms with Crippen LogP contribution in [0.5, 0.6) is 0 Å². The average Bonchev–Trinajstić information content (AvgIpc) is 2.86. The van der Waals surface area contributed by atoms with Gasteiger partial charge < -0.3 is 51.2 Å². The highest BCUT2D eigenvalue weighted by molar-refractivity contribution is 5.96. The van der Waals surface area contributed by atoms with Crippen LogP contribution in [0.1, 0.15) is 20.8 Å². The van der Waals surface area contributed by atoms with E-state index < -0.39 is 11.7 Å². The van der Waals surface area contributed by atoms with Gasteiger partial charge >= 0.3 is 6.09 Å². The monoisotopic (exact) mass is 610 g/mol. The first-order chi connectivity index (χ1) is 17.6. The van der Waals surface area contributed by atoms with E-state index in [1.807, 2.05) is 54.9 Å². The van der Waals surface area contributed by atoms with Crippen LogP contribution in [0.15, 0.2) is 73.3 Å². The van der Waals surface area contributed by atoms with Gasteiger partial charge in [-0.25, -0.2) is 9.78 Å². The van der Waals surface area contributed by atoms with Crippen molar-refractivity contribution in [3.8, 4) is 0 Å². The molecule has 0 radical (unpaired) electrons. The normalized spacial score (nSPS) is 9.90. The molecule has 0 saturated heterocycles. The standard InChI is InChI=1S/C16H19N3O3.C11H11N3O.3ClH/c1-16(2,3)22-15(21)18-10-14(20)19-13-5-4-12-9-17-7-6-11(12)8-13;12-6-11(15)14-10-2-1-9-7-13-4-3-8(9)5-10;;;/h4-9H,10H2,1-3H3,(H,18,21)(H,19,20);1-5,7H,6,12H2,(H,14,15);3*1H. The zero-order valence-corrected chi connectivity index (χ0v) is 24.6. The molecule has 2 aromatic heterocycles. The van der Waals surface area contributed by atoms with E-state index in [0.29, 0.717) is 5.69 Å². The minimum Gasteiger partial charge on any atom is -1.00 e. The molecule has 40 heavy (non-hydrogen) atoms. The Labute approximate surface area is 251 Å². The molecule has 3 amide bonds. The molecule has 0 aliphatic rings. The minimum atomic E-state index is -0.618. The number of amides is 3. The highest BCUT2D eigenvalue weighted by Crippen LogP contribution is 2.18. The lowest BCUT2D eigenvalue weighted by atomic mass is 10.1. The van der Waals surface area contributed by atoms with Crippen LogP contribution in [-0.2, 0) is 14.3 Å². The van der Waals surface area contributed by atoms with E-state index in [2.05, 4.69) is 31.7 Å². The van der Waals surface area contributed by atoms with E-state index in [1.165, 1.54) is 0 Å². The number of nitrogens with zero attached hydrogens (tertiary/aromatic N) is 1. The maximum atomic E-state index is 11.8. The number of nitrogens with one attached hydrogen (secondary N) is 4. The van der Waals surface area contributed by atoms with Gasteiger partial charge in [0.15, 0.2) is 18.9 Å². The number of hydrogen-bond donors (Lipinski definition) is 4. The molecule has 2 aromatic carbocycles. The lowest BCUT2D eigenvalue weighted by Crippen LogP contribution is -3.00. The fraction of sp³-hybridized carbons (Fsp3) is 0.222. The van der Waals surface area contributed by atoms with Crippen LogP contribution in [0.25, 0.3) is 21.5 Å². The Balaban J connectivity index is 0.000000748. The molecule has 0 bridgehead atoms. The second-order valence-corrected chi connectivity index (χ2v) is 9.13. The van der Waals surface area contributed by atoms with Crippen LogP contribution >= 0.6 is 12.4 Å². The van der Waals surface area contributed by atoms with Crippen LogP contribution in [0.2, 0.25) is 0 Å². The highest BCUT2D eigenvalue weighted by Gasteiger charge is 2.16.